The smallest absolute Gasteiger partial charge is 0.238 e. The van der Waals surface area contributed by atoms with Crippen LogP contribution in [0.1, 0.15) is 6.92 Å². The van der Waals surface area contributed by atoms with Gasteiger partial charge in [-0.2, -0.15) is 0 Å². The number of hydrogen-bond donors (Lipinski definition) is 0. The molecule has 0 aliphatic carbocycles. The van der Waals surface area contributed by atoms with Crippen molar-refractivity contribution < 1.29 is 4.79 Å². The van der Waals surface area contributed by atoms with Gasteiger partial charge in [-0.15, -0.1) is 0 Å². The molecule has 0 saturated heterocycles. The molecule has 2 aromatic carbocycles. The number of para-hydroxylation sites is 1. The number of rotatable bonds is 2. The lowest BCUT2D eigenvalue weighted by Crippen LogP contribution is -2.17. The molecule has 0 atom stereocenters. The number of hydrogen-bond acceptors (Lipinski definition) is 1. The van der Waals surface area contributed by atoms with Crippen molar-refractivity contribution >= 4 is 23.4 Å². The van der Waals surface area contributed by atoms with Crippen LogP contribution in [0.5, 0.6) is 0 Å². The van der Waals surface area contributed by atoms with Gasteiger partial charge in [0.25, 0.3) is 0 Å². The third-order valence-corrected chi connectivity index (χ3v) is 2.90. The van der Waals surface area contributed by atoms with Crippen molar-refractivity contribution in [3.05, 3.63) is 54.6 Å². The highest BCUT2D eigenvalue weighted by molar-refractivity contribution is 6.37. The third kappa shape index (κ3) is 2.48. The number of nitrogens with zero attached hydrogens (tertiary/aromatic N) is 1. The molecule has 2 aromatic rings. The van der Waals surface area contributed by atoms with E-state index in [0.29, 0.717) is 5.69 Å². The minimum absolute atomic E-state index is 0.199. The molecular weight excluding hydrogens is 234 g/mol. The minimum Gasteiger partial charge on any atom is -0.274 e. The largest absolute Gasteiger partial charge is 0.274 e. The normalized spacial score (nSPS) is 10.0. The zero-order valence-corrected chi connectivity index (χ0v) is 10.2. The maximum Gasteiger partial charge on any atom is 0.238 e. The highest BCUT2D eigenvalue weighted by Gasteiger charge is 2.13. The van der Waals surface area contributed by atoms with Crippen molar-refractivity contribution in [1.82, 2.24) is 0 Å². The Bertz CT molecular complexity index is 525. The monoisotopic (exact) mass is 245 g/mol. The zero-order chi connectivity index (χ0) is 12.3. The summed E-state index contributed by atoms with van der Waals surface area (Å²) in [6.45, 7) is 1.44. The first-order valence-electron chi connectivity index (χ1n) is 5.31. The lowest BCUT2D eigenvalue weighted by Gasteiger charge is -2.16. The van der Waals surface area contributed by atoms with Crippen LogP contribution in [0.3, 0.4) is 0 Å². The average molecular weight is 246 g/mol. The van der Waals surface area contributed by atoms with Crippen LogP contribution in [-0.2, 0) is 4.79 Å². The van der Waals surface area contributed by atoms with Crippen LogP contribution in [0.4, 0.5) is 5.69 Å². The molecule has 17 heavy (non-hydrogen) atoms. The van der Waals surface area contributed by atoms with E-state index in [0.717, 1.165) is 15.5 Å². The summed E-state index contributed by atoms with van der Waals surface area (Å²) in [5.41, 5.74) is 2.68. The van der Waals surface area contributed by atoms with E-state index >= 15 is 0 Å². The molecular formula is C14H12ClNO. The standard InChI is InChI=1S/C14H12ClNO/c1-11(17)16(15)14-10-6-5-9-13(14)12-7-3-2-4-8-12/h2-10H,1H3. The van der Waals surface area contributed by atoms with Crippen LogP contribution in [0, 0.1) is 0 Å². The Morgan fingerprint density at radius 1 is 1.00 bits per heavy atom. The van der Waals surface area contributed by atoms with Gasteiger partial charge in [-0.1, -0.05) is 48.5 Å². The Hall–Kier alpha value is -1.80. The van der Waals surface area contributed by atoms with Gasteiger partial charge in [-0.3, -0.25) is 4.79 Å². The lowest BCUT2D eigenvalue weighted by atomic mass is 10.0. The van der Waals surface area contributed by atoms with Gasteiger partial charge in [0, 0.05) is 24.3 Å². The molecule has 1 amide bonds. The molecule has 0 N–H and O–H groups in total. The van der Waals surface area contributed by atoms with Crippen molar-refractivity contribution in [2.24, 2.45) is 0 Å². The van der Waals surface area contributed by atoms with Crippen molar-refractivity contribution in [2.75, 3.05) is 4.42 Å². The Balaban J connectivity index is 2.52. The van der Waals surface area contributed by atoms with Gasteiger partial charge in [0.1, 0.15) is 0 Å². The van der Waals surface area contributed by atoms with Gasteiger partial charge >= 0.3 is 0 Å². The van der Waals surface area contributed by atoms with Gasteiger partial charge in [0.15, 0.2) is 0 Å². The van der Waals surface area contributed by atoms with Gasteiger partial charge in [0.05, 0.1) is 5.69 Å². The maximum atomic E-state index is 11.3. The number of benzene rings is 2. The SMILES string of the molecule is CC(=O)N(Cl)c1ccccc1-c1ccccc1. The highest BCUT2D eigenvalue weighted by atomic mass is 35.5. The highest BCUT2D eigenvalue weighted by Crippen LogP contribution is 2.31. The molecule has 0 heterocycles. The fourth-order valence-electron chi connectivity index (χ4n) is 1.68. The van der Waals surface area contributed by atoms with Crippen LogP contribution in [0.2, 0.25) is 0 Å². The number of carbonyl (C=O) groups excluding carboxylic acids is 1. The van der Waals surface area contributed by atoms with E-state index in [1.807, 2.05) is 54.6 Å². The molecule has 0 spiro atoms. The van der Waals surface area contributed by atoms with Crippen LogP contribution in [0.25, 0.3) is 11.1 Å². The van der Waals surface area contributed by atoms with Gasteiger partial charge in [-0.05, 0) is 11.6 Å². The van der Waals surface area contributed by atoms with Crippen molar-refractivity contribution in [1.29, 1.82) is 0 Å². The van der Waals surface area contributed by atoms with E-state index in [1.165, 1.54) is 6.92 Å². The average Bonchev–Trinajstić information content (AvgIpc) is 2.39. The van der Waals surface area contributed by atoms with Gasteiger partial charge in [-0.25, -0.2) is 4.42 Å². The summed E-state index contributed by atoms with van der Waals surface area (Å²) >= 11 is 5.98. The van der Waals surface area contributed by atoms with E-state index in [1.54, 1.807) is 0 Å². The first-order chi connectivity index (χ1) is 8.20. The Morgan fingerprint density at radius 3 is 2.24 bits per heavy atom. The first kappa shape index (κ1) is 11.7. The van der Waals surface area contributed by atoms with Gasteiger partial charge in [0.2, 0.25) is 5.91 Å². The molecule has 0 aliphatic heterocycles. The fraction of sp³-hybridized carbons (Fsp3) is 0.0714. The van der Waals surface area contributed by atoms with Crippen LogP contribution in [0.15, 0.2) is 54.6 Å². The second-order valence-electron chi connectivity index (χ2n) is 3.68. The molecule has 0 bridgehead atoms. The van der Waals surface area contributed by atoms with Crippen molar-refractivity contribution in [2.45, 2.75) is 6.92 Å². The van der Waals surface area contributed by atoms with Gasteiger partial charge < -0.3 is 0 Å². The summed E-state index contributed by atoms with van der Waals surface area (Å²) in [5.74, 6) is -0.199. The number of anilines is 1. The predicted molar refractivity (Wildman–Crippen MR) is 70.9 cm³/mol. The van der Waals surface area contributed by atoms with E-state index < -0.39 is 0 Å². The Morgan fingerprint density at radius 2 is 1.59 bits per heavy atom. The maximum absolute atomic E-state index is 11.3. The second-order valence-corrected chi connectivity index (χ2v) is 4.02. The molecule has 0 aliphatic rings. The summed E-state index contributed by atoms with van der Waals surface area (Å²) in [4.78, 5) is 11.3. The molecule has 3 heteroatoms. The first-order valence-corrected chi connectivity index (χ1v) is 5.65. The Labute approximate surface area is 106 Å². The third-order valence-electron chi connectivity index (χ3n) is 2.48. The summed E-state index contributed by atoms with van der Waals surface area (Å²) in [7, 11) is 0. The van der Waals surface area contributed by atoms with Crippen LogP contribution >= 0.6 is 11.8 Å². The summed E-state index contributed by atoms with van der Waals surface area (Å²) < 4.78 is 1.14. The molecule has 0 unspecified atom stereocenters. The number of amides is 1. The summed E-state index contributed by atoms with van der Waals surface area (Å²) in [6.07, 6.45) is 0. The topological polar surface area (TPSA) is 20.3 Å². The summed E-state index contributed by atoms with van der Waals surface area (Å²) in [5, 5.41) is 0. The van der Waals surface area contributed by atoms with Crippen LogP contribution < -0.4 is 4.42 Å². The second kappa shape index (κ2) is 5.02. The molecule has 2 nitrogen and oxygen atoms in total. The zero-order valence-electron chi connectivity index (χ0n) is 9.43. The number of carbonyl (C=O) groups is 1. The predicted octanol–water partition coefficient (Wildman–Crippen LogP) is 3.86. The van der Waals surface area contributed by atoms with E-state index in [2.05, 4.69) is 0 Å². The molecule has 86 valence electrons. The number of halogens is 1. The quantitative estimate of drug-likeness (QED) is 0.736. The van der Waals surface area contributed by atoms with Crippen LogP contribution in [-0.4, -0.2) is 5.91 Å². The van der Waals surface area contributed by atoms with Crippen molar-refractivity contribution in [3.8, 4) is 11.1 Å². The van der Waals surface area contributed by atoms with Crippen molar-refractivity contribution in [3.63, 3.8) is 0 Å². The molecule has 0 aromatic heterocycles. The lowest BCUT2D eigenvalue weighted by molar-refractivity contribution is -0.115. The molecule has 0 fully saturated rings. The molecule has 2 rings (SSSR count). The molecule has 0 saturated carbocycles. The van der Waals surface area contributed by atoms with E-state index in [-0.39, 0.29) is 5.91 Å². The van der Waals surface area contributed by atoms with E-state index in [9.17, 15) is 4.79 Å². The Kier molecular flexibility index (Phi) is 3.45. The minimum atomic E-state index is -0.199. The summed E-state index contributed by atoms with van der Waals surface area (Å²) in [6, 6.07) is 17.4. The van der Waals surface area contributed by atoms with E-state index in [4.69, 9.17) is 11.8 Å². The fourth-order valence-corrected chi connectivity index (χ4v) is 1.82. The molecule has 0 radical (unpaired) electrons.